The maximum atomic E-state index is 12.2. The van der Waals surface area contributed by atoms with Crippen molar-refractivity contribution in [3.05, 3.63) is 41.1 Å². The number of carbonyl (C=O) groups is 1. The number of aromatic nitrogens is 2. The van der Waals surface area contributed by atoms with E-state index in [2.05, 4.69) is 36.1 Å². The van der Waals surface area contributed by atoms with Crippen molar-refractivity contribution < 1.29 is 9.21 Å². The van der Waals surface area contributed by atoms with Gasteiger partial charge in [-0.2, -0.15) is 5.10 Å². The van der Waals surface area contributed by atoms with Crippen molar-refractivity contribution in [2.45, 2.75) is 33.4 Å². The fraction of sp³-hybridized carbons (Fsp3) is 0.500. The summed E-state index contributed by atoms with van der Waals surface area (Å²) in [4.78, 5) is 14.4. The number of hydrogen-bond acceptors (Lipinski definition) is 4. The lowest BCUT2D eigenvalue weighted by Crippen LogP contribution is -2.41. The molecule has 1 N–H and O–H groups in total. The summed E-state index contributed by atoms with van der Waals surface area (Å²) in [5.41, 5.74) is 0. The molecule has 0 aliphatic carbocycles. The summed E-state index contributed by atoms with van der Waals surface area (Å²) >= 11 is 5.82. The van der Waals surface area contributed by atoms with Crippen molar-refractivity contribution in [1.29, 1.82) is 0 Å². The van der Waals surface area contributed by atoms with Gasteiger partial charge >= 0.3 is 0 Å². The summed E-state index contributed by atoms with van der Waals surface area (Å²) in [6.45, 7) is 9.28. The van der Waals surface area contributed by atoms with E-state index in [9.17, 15) is 4.79 Å². The topological polar surface area (TPSA) is 63.3 Å². The molecule has 2 heterocycles. The standard InChI is InChI=1S/C16H23ClN4O2/c1-4-20(5-2)12(3)8-18-16(22)15-7-6-14(23-15)11-21-10-13(17)9-19-21/h6-7,9-10,12H,4-5,8,11H2,1-3H3,(H,18,22)/t12-/m1/s1. The number of hydrogen-bond donors (Lipinski definition) is 1. The molecule has 2 aromatic rings. The minimum Gasteiger partial charge on any atom is -0.454 e. The van der Waals surface area contributed by atoms with Crippen LogP contribution in [0.15, 0.2) is 28.9 Å². The lowest BCUT2D eigenvalue weighted by molar-refractivity contribution is 0.0908. The Hall–Kier alpha value is -1.79. The molecular formula is C16H23ClN4O2. The molecule has 2 aromatic heterocycles. The second-order valence-corrected chi connectivity index (χ2v) is 5.84. The van der Waals surface area contributed by atoms with Crippen LogP contribution in [0.5, 0.6) is 0 Å². The number of likely N-dealkylation sites (N-methyl/N-ethyl adjacent to an activating group) is 1. The summed E-state index contributed by atoms with van der Waals surface area (Å²) < 4.78 is 7.23. The van der Waals surface area contributed by atoms with E-state index >= 15 is 0 Å². The van der Waals surface area contributed by atoms with Gasteiger partial charge in [-0.3, -0.25) is 14.4 Å². The first-order valence-electron chi connectivity index (χ1n) is 7.82. The minimum absolute atomic E-state index is 0.200. The van der Waals surface area contributed by atoms with Crippen LogP contribution in [-0.4, -0.2) is 46.3 Å². The fourth-order valence-corrected chi connectivity index (χ4v) is 2.63. The molecule has 0 spiro atoms. The first-order chi connectivity index (χ1) is 11.0. The van der Waals surface area contributed by atoms with Gasteiger partial charge in [-0.05, 0) is 32.1 Å². The molecule has 1 atom stereocenters. The number of nitrogens with zero attached hydrogens (tertiary/aromatic N) is 3. The van der Waals surface area contributed by atoms with E-state index in [1.807, 2.05) is 0 Å². The average molecular weight is 339 g/mol. The second-order valence-electron chi connectivity index (χ2n) is 5.40. The molecular weight excluding hydrogens is 316 g/mol. The minimum atomic E-state index is -0.200. The summed E-state index contributed by atoms with van der Waals surface area (Å²) in [6.07, 6.45) is 3.27. The second kappa shape index (κ2) is 8.17. The Kier molecular flexibility index (Phi) is 6.24. The highest BCUT2D eigenvalue weighted by Gasteiger charge is 2.15. The Morgan fingerprint density at radius 2 is 2.17 bits per heavy atom. The summed E-state index contributed by atoms with van der Waals surface area (Å²) in [5.74, 6) is 0.769. The Balaban J connectivity index is 1.88. The van der Waals surface area contributed by atoms with E-state index in [-0.39, 0.29) is 11.9 Å². The lowest BCUT2D eigenvalue weighted by Gasteiger charge is -2.26. The van der Waals surface area contributed by atoms with Gasteiger partial charge in [0.25, 0.3) is 5.91 Å². The molecule has 0 aliphatic heterocycles. The number of furan rings is 1. The molecule has 0 aromatic carbocycles. The molecule has 7 heteroatoms. The molecule has 0 fully saturated rings. The van der Waals surface area contributed by atoms with Crippen molar-refractivity contribution in [3.8, 4) is 0 Å². The van der Waals surface area contributed by atoms with E-state index in [0.717, 1.165) is 13.1 Å². The highest BCUT2D eigenvalue weighted by atomic mass is 35.5. The van der Waals surface area contributed by atoms with E-state index in [4.69, 9.17) is 16.0 Å². The van der Waals surface area contributed by atoms with Gasteiger partial charge < -0.3 is 9.73 Å². The molecule has 0 bridgehead atoms. The smallest absolute Gasteiger partial charge is 0.287 e. The molecule has 1 amide bonds. The van der Waals surface area contributed by atoms with Gasteiger partial charge in [-0.1, -0.05) is 25.4 Å². The summed E-state index contributed by atoms with van der Waals surface area (Å²) in [5, 5.41) is 7.56. The molecule has 0 saturated carbocycles. The predicted molar refractivity (Wildman–Crippen MR) is 89.8 cm³/mol. The van der Waals surface area contributed by atoms with Crippen LogP contribution in [0.4, 0.5) is 0 Å². The van der Waals surface area contributed by atoms with Gasteiger partial charge in [-0.15, -0.1) is 0 Å². The van der Waals surface area contributed by atoms with Gasteiger partial charge in [-0.25, -0.2) is 0 Å². The van der Waals surface area contributed by atoms with Gasteiger partial charge in [0, 0.05) is 18.8 Å². The number of amides is 1. The highest BCUT2D eigenvalue weighted by molar-refractivity contribution is 6.30. The molecule has 23 heavy (non-hydrogen) atoms. The molecule has 0 unspecified atom stereocenters. The van der Waals surface area contributed by atoms with Crippen molar-refractivity contribution in [3.63, 3.8) is 0 Å². The Morgan fingerprint density at radius 3 is 2.78 bits per heavy atom. The van der Waals surface area contributed by atoms with Crippen molar-refractivity contribution in [1.82, 2.24) is 20.0 Å². The van der Waals surface area contributed by atoms with Crippen LogP contribution in [0.2, 0.25) is 5.02 Å². The number of nitrogens with one attached hydrogen (secondary N) is 1. The van der Waals surface area contributed by atoms with Crippen LogP contribution < -0.4 is 5.32 Å². The third-order valence-electron chi connectivity index (χ3n) is 3.80. The number of carbonyl (C=O) groups excluding carboxylic acids is 1. The van der Waals surface area contributed by atoms with Crippen molar-refractivity contribution in [2.24, 2.45) is 0 Å². The van der Waals surface area contributed by atoms with Gasteiger partial charge in [0.1, 0.15) is 5.76 Å². The van der Waals surface area contributed by atoms with Gasteiger partial charge in [0.05, 0.1) is 17.8 Å². The van der Waals surface area contributed by atoms with Crippen molar-refractivity contribution >= 4 is 17.5 Å². The van der Waals surface area contributed by atoms with Gasteiger partial charge in [0.2, 0.25) is 0 Å². The zero-order chi connectivity index (χ0) is 16.8. The Bertz CT molecular complexity index is 634. The van der Waals surface area contributed by atoms with Crippen molar-refractivity contribution in [2.75, 3.05) is 19.6 Å². The van der Waals surface area contributed by atoms with Crippen LogP contribution >= 0.6 is 11.6 Å². The maximum Gasteiger partial charge on any atom is 0.287 e. The zero-order valence-corrected chi connectivity index (χ0v) is 14.5. The van der Waals surface area contributed by atoms with E-state index in [1.54, 1.807) is 29.2 Å². The van der Waals surface area contributed by atoms with E-state index < -0.39 is 0 Å². The summed E-state index contributed by atoms with van der Waals surface area (Å²) in [6, 6.07) is 3.74. The maximum absolute atomic E-state index is 12.2. The van der Waals surface area contributed by atoms with Crippen LogP contribution in [0.3, 0.4) is 0 Å². The molecule has 6 nitrogen and oxygen atoms in total. The average Bonchev–Trinajstić information content (AvgIpc) is 3.16. The molecule has 2 rings (SSSR count). The largest absolute Gasteiger partial charge is 0.454 e. The Morgan fingerprint density at radius 1 is 1.43 bits per heavy atom. The van der Waals surface area contributed by atoms with E-state index in [1.165, 1.54) is 0 Å². The third kappa shape index (κ3) is 4.84. The number of rotatable bonds is 8. The first-order valence-corrected chi connectivity index (χ1v) is 8.20. The monoisotopic (exact) mass is 338 g/mol. The number of halogens is 1. The zero-order valence-electron chi connectivity index (χ0n) is 13.8. The predicted octanol–water partition coefficient (Wildman–Crippen LogP) is 2.64. The molecule has 0 radical (unpaired) electrons. The molecule has 126 valence electrons. The molecule has 0 saturated heterocycles. The quantitative estimate of drug-likeness (QED) is 0.803. The SMILES string of the molecule is CCN(CC)[C@H](C)CNC(=O)c1ccc(Cn2cc(Cl)cn2)o1. The third-order valence-corrected chi connectivity index (χ3v) is 3.99. The normalized spacial score (nSPS) is 12.6. The fourth-order valence-electron chi connectivity index (χ4n) is 2.47. The van der Waals surface area contributed by atoms with Gasteiger partial charge in [0.15, 0.2) is 5.76 Å². The van der Waals surface area contributed by atoms with Crippen LogP contribution in [0.1, 0.15) is 37.1 Å². The molecule has 0 aliphatic rings. The van der Waals surface area contributed by atoms with Crippen LogP contribution in [0.25, 0.3) is 0 Å². The Labute approximate surface area is 141 Å². The van der Waals surface area contributed by atoms with E-state index in [0.29, 0.717) is 29.6 Å². The first kappa shape index (κ1) is 17.6. The van der Waals surface area contributed by atoms with Crippen LogP contribution in [0, 0.1) is 0 Å². The van der Waals surface area contributed by atoms with Crippen LogP contribution in [-0.2, 0) is 6.54 Å². The summed E-state index contributed by atoms with van der Waals surface area (Å²) in [7, 11) is 0. The highest BCUT2D eigenvalue weighted by Crippen LogP contribution is 2.11. The lowest BCUT2D eigenvalue weighted by atomic mass is 10.2.